The molecule has 0 fully saturated rings. The van der Waals surface area contributed by atoms with E-state index in [1.54, 1.807) is 19.2 Å². The maximum absolute atomic E-state index is 12.1. The number of aromatic nitrogens is 1. The number of hydrogen-bond donors (Lipinski definition) is 1. The zero-order valence-corrected chi connectivity index (χ0v) is 18.9. The summed E-state index contributed by atoms with van der Waals surface area (Å²) in [6, 6.07) is 12.0. The van der Waals surface area contributed by atoms with E-state index in [1.165, 1.54) is 24.3 Å². The molecule has 0 aliphatic heterocycles. The number of carbonyl (C=O) groups is 2. The molecule has 162 valence electrons. The lowest BCUT2D eigenvalue weighted by Crippen LogP contribution is -2.29. The molecule has 1 heterocycles. The van der Waals surface area contributed by atoms with Crippen molar-refractivity contribution in [1.82, 2.24) is 4.98 Å². The molecule has 10 heteroatoms. The highest BCUT2D eigenvalue weighted by molar-refractivity contribution is 7.14. The van der Waals surface area contributed by atoms with Gasteiger partial charge in [0.05, 0.1) is 17.8 Å². The Morgan fingerprint density at radius 2 is 1.90 bits per heavy atom. The highest BCUT2D eigenvalue weighted by Crippen LogP contribution is 2.29. The van der Waals surface area contributed by atoms with Crippen LogP contribution in [0.3, 0.4) is 0 Å². The van der Waals surface area contributed by atoms with E-state index < -0.39 is 24.6 Å². The van der Waals surface area contributed by atoms with E-state index in [9.17, 15) is 9.59 Å². The molecule has 0 aliphatic carbocycles. The van der Waals surface area contributed by atoms with Crippen molar-refractivity contribution in [1.29, 1.82) is 0 Å². The minimum Gasteiger partial charge on any atom is -0.497 e. The lowest BCUT2D eigenvalue weighted by molar-refractivity contribution is -0.153. The number of rotatable bonds is 8. The van der Waals surface area contributed by atoms with Crippen molar-refractivity contribution in [2.24, 2.45) is 0 Å². The van der Waals surface area contributed by atoms with Gasteiger partial charge >= 0.3 is 5.97 Å². The molecule has 1 unspecified atom stereocenters. The van der Waals surface area contributed by atoms with Crippen LogP contribution < -0.4 is 14.8 Å². The van der Waals surface area contributed by atoms with Crippen LogP contribution in [0.5, 0.6) is 11.5 Å². The largest absolute Gasteiger partial charge is 0.497 e. The molecule has 0 aliphatic rings. The molecule has 2 aromatic carbocycles. The third kappa shape index (κ3) is 6.33. The zero-order chi connectivity index (χ0) is 22.4. The monoisotopic (exact) mass is 480 g/mol. The van der Waals surface area contributed by atoms with Gasteiger partial charge in [-0.1, -0.05) is 23.2 Å². The van der Waals surface area contributed by atoms with Crippen molar-refractivity contribution in [2.45, 2.75) is 13.0 Å². The van der Waals surface area contributed by atoms with Crippen LogP contribution in [0, 0.1) is 0 Å². The first kappa shape index (κ1) is 22.9. The normalized spacial score (nSPS) is 11.5. The number of carbonyl (C=O) groups excluding carboxylic acids is 2. The van der Waals surface area contributed by atoms with Crippen molar-refractivity contribution in [2.75, 3.05) is 19.0 Å². The van der Waals surface area contributed by atoms with E-state index in [0.29, 0.717) is 15.8 Å². The molecule has 0 radical (unpaired) electrons. The highest BCUT2D eigenvalue weighted by Gasteiger charge is 2.19. The first-order valence-electron chi connectivity index (χ1n) is 9.04. The van der Waals surface area contributed by atoms with Gasteiger partial charge in [-0.05, 0) is 49.4 Å². The second-order valence-electron chi connectivity index (χ2n) is 6.26. The van der Waals surface area contributed by atoms with E-state index in [1.807, 2.05) is 29.6 Å². The molecule has 0 saturated carbocycles. The van der Waals surface area contributed by atoms with Gasteiger partial charge in [-0.3, -0.25) is 10.1 Å². The van der Waals surface area contributed by atoms with Crippen LogP contribution in [0.1, 0.15) is 6.92 Å². The topological polar surface area (TPSA) is 86.8 Å². The maximum Gasteiger partial charge on any atom is 0.347 e. The summed E-state index contributed by atoms with van der Waals surface area (Å²) in [4.78, 5) is 28.6. The van der Waals surface area contributed by atoms with Crippen LogP contribution >= 0.6 is 34.5 Å². The predicted octanol–water partition coefficient (Wildman–Crippen LogP) is 5.07. The summed E-state index contributed by atoms with van der Waals surface area (Å²) in [6.07, 6.45) is -0.965. The van der Waals surface area contributed by atoms with E-state index >= 15 is 0 Å². The van der Waals surface area contributed by atoms with Crippen LogP contribution in [-0.4, -0.2) is 36.7 Å². The number of esters is 1. The number of nitrogens with one attached hydrogen (secondary N) is 1. The molecule has 1 aromatic heterocycles. The molecular formula is C21H18Cl2N2O5S. The number of amides is 1. The fourth-order valence-electron chi connectivity index (χ4n) is 2.44. The maximum atomic E-state index is 12.1. The van der Waals surface area contributed by atoms with Gasteiger partial charge in [0.2, 0.25) is 0 Å². The van der Waals surface area contributed by atoms with Crippen molar-refractivity contribution in [3.05, 3.63) is 57.9 Å². The van der Waals surface area contributed by atoms with E-state index in [0.717, 1.165) is 11.3 Å². The lowest BCUT2D eigenvalue weighted by atomic mass is 10.2. The number of nitrogens with zero attached hydrogens (tertiary/aromatic N) is 1. The SMILES string of the molecule is COc1ccc(-c2csc(NC(=O)COC(=O)C(C)Oc3ccc(Cl)cc3Cl)n2)cc1. The summed E-state index contributed by atoms with van der Waals surface area (Å²) in [5.41, 5.74) is 1.60. The number of benzene rings is 2. The van der Waals surface area contributed by atoms with Gasteiger partial charge in [-0.25, -0.2) is 9.78 Å². The number of hydrogen-bond acceptors (Lipinski definition) is 7. The first-order chi connectivity index (χ1) is 14.9. The average molecular weight is 481 g/mol. The van der Waals surface area contributed by atoms with Crippen molar-refractivity contribution in [3.8, 4) is 22.8 Å². The molecule has 7 nitrogen and oxygen atoms in total. The Morgan fingerprint density at radius 3 is 2.58 bits per heavy atom. The van der Waals surface area contributed by atoms with Gasteiger partial charge < -0.3 is 14.2 Å². The van der Waals surface area contributed by atoms with Crippen LogP contribution in [0.2, 0.25) is 10.0 Å². The highest BCUT2D eigenvalue weighted by atomic mass is 35.5. The number of halogens is 2. The predicted molar refractivity (Wildman–Crippen MR) is 120 cm³/mol. The number of thiazole rings is 1. The summed E-state index contributed by atoms with van der Waals surface area (Å²) in [5.74, 6) is -0.195. The molecular weight excluding hydrogens is 463 g/mol. The Balaban J connectivity index is 1.49. The molecule has 3 aromatic rings. The Kier molecular flexibility index (Phi) is 7.73. The molecule has 1 atom stereocenters. The second kappa shape index (κ2) is 10.5. The Bertz CT molecular complexity index is 1070. The molecule has 3 rings (SSSR count). The third-order valence-electron chi connectivity index (χ3n) is 4.01. The van der Waals surface area contributed by atoms with Crippen molar-refractivity contribution >= 4 is 51.5 Å². The van der Waals surface area contributed by atoms with Crippen LogP contribution in [0.25, 0.3) is 11.3 Å². The van der Waals surface area contributed by atoms with Crippen LogP contribution in [0.4, 0.5) is 5.13 Å². The minimum atomic E-state index is -0.965. The fraction of sp³-hybridized carbons (Fsp3) is 0.190. The fourth-order valence-corrected chi connectivity index (χ4v) is 3.63. The molecule has 0 saturated heterocycles. The van der Waals surface area contributed by atoms with Crippen molar-refractivity contribution < 1.29 is 23.8 Å². The van der Waals surface area contributed by atoms with Gasteiger partial charge in [-0.2, -0.15) is 0 Å². The number of methoxy groups -OCH3 is 1. The average Bonchev–Trinajstić information content (AvgIpc) is 3.22. The smallest absolute Gasteiger partial charge is 0.347 e. The summed E-state index contributed by atoms with van der Waals surface area (Å²) in [7, 11) is 1.60. The van der Waals surface area contributed by atoms with Crippen LogP contribution in [-0.2, 0) is 14.3 Å². The van der Waals surface area contributed by atoms with Crippen LogP contribution in [0.15, 0.2) is 47.8 Å². The molecule has 31 heavy (non-hydrogen) atoms. The van der Waals surface area contributed by atoms with E-state index in [4.69, 9.17) is 37.4 Å². The Morgan fingerprint density at radius 1 is 1.16 bits per heavy atom. The molecule has 1 amide bonds. The number of ether oxygens (including phenoxy) is 3. The zero-order valence-electron chi connectivity index (χ0n) is 16.6. The lowest BCUT2D eigenvalue weighted by Gasteiger charge is -2.14. The van der Waals surface area contributed by atoms with E-state index in [2.05, 4.69) is 10.3 Å². The van der Waals surface area contributed by atoms with Crippen molar-refractivity contribution in [3.63, 3.8) is 0 Å². The minimum absolute atomic E-state index is 0.265. The Labute approximate surface area is 192 Å². The standard InChI is InChI=1S/C21H18Cl2N2O5S/c1-12(30-18-8-5-14(22)9-16(18)23)20(27)29-10-19(26)25-21-24-17(11-31-21)13-3-6-15(28-2)7-4-13/h3-9,11-12H,10H2,1-2H3,(H,24,25,26). The second-order valence-corrected chi connectivity index (χ2v) is 7.96. The number of anilines is 1. The van der Waals surface area contributed by atoms with Gasteiger partial charge in [0.25, 0.3) is 5.91 Å². The molecule has 0 bridgehead atoms. The van der Waals surface area contributed by atoms with Gasteiger partial charge in [0, 0.05) is 16.0 Å². The summed E-state index contributed by atoms with van der Waals surface area (Å²) < 4.78 is 15.6. The van der Waals surface area contributed by atoms with Gasteiger partial charge in [-0.15, -0.1) is 11.3 Å². The summed E-state index contributed by atoms with van der Waals surface area (Å²) >= 11 is 13.1. The quantitative estimate of drug-likeness (QED) is 0.452. The van der Waals surface area contributed by atoms with Gasteiger partial charge in [0.1, 0.15) is 11.5 Å². The summed E-state index contributed by atoms with van der Waals surface area (Å²) in [5, 5.41) is 5.52. The first-order valence-corrected chi connectivity index (χ1v) is 10.7. The molecule has 0 spiro atoms. The third-order valence-corrected chi connectivity index (χ3v) is 5.30. The molecule has 1 N–H and O–H groups in total. The summed E-state index contributed by atoms with van der Waals surface area (Å²) in [6.45, 7) is 1.02. The van der Waals surface area contributed by atoms with E-state index in [-0.39, 0.29) is 10.8 Å². The van der Waals surface area contributed by atoms with Gasteiger partial charge in [0.15, 0.2) is 17.8 Å². The Hall–Kier alpha value is -2.81.